The van der Waals surface area contributed by atoms with Gasteiger partial charge in [-0.25, -0.2) is 0 Å². The molecule has 2 saturated carbocycles. The summed E-state index contributed by atoms with van der Waals surface area (Å²) in [4.78, 5) is 16.9. The van der Waals surface area contributed by atoms with Crippen LogP contribution in [0.1, 0.15) is 51.8 Å². The number of fused-ring (bicyclic) bond motifs is 5. The first-order valence-electron chi connectivity index (χ1n) is 13.3. The van der Waals surface area contributed by atoms with Crippen molar-refractivity contribution in [3.8, 4) is 5.75 Å². The number of methoxy groups -OCH3 is 1. The highest BCUT2D eigenvalue weighted by atomic mass is 16.5. The lowest BCUT2D eigenvalue weighted by atomic mass is 9.68. The molecule has 188 valence electrons. The van der Waals surface area contributed by atoms with Gasteiger partial charge in [0, 0.05) is 43.3 Å². The molecule has 2 aliphatic carbocycles. The Labute approximate surface area is 207 Å². The third-order valence-electron chi connectivity index (χ3n) is 9.66. The third kappa shape index (κ3) is 3.32. The minimum Gasteiger partial charge on any atom is -0.495 e. The maximum Gasteiger partial charge on any atom is 0.261 e. The highest BCUT2D eigenvalue weighted by Gasteiger charge is 2.60. The number of hydrogen-bond donors (Lipinski definition) is 0. The largest absolute Gasteiger partial charge is 0.495 e. The van der Waals surface area contributed by atoms with Crippen molar-refractivity contribution in [1.29, 1.82) is 0 Å². The van der Waals surface area contributed by atoms with Crippen molar-refractivity contribution in [2.45, 2.75) is 59.5 Å². The van der Waals surface area contributed by atoms with Crippen LogP contribution in [0.4, 0.5) is 0 Å². The van der Waals surface area contributed by atoms with Crippen molar-refractivity contribution >= 4 is 21.8 Å². The molecule has 0 amide bonds. The number of hydrogen-bond acceptors (Lipinski definition) is 4. The molecule has 6 heteroatoms. The van der Waals surface area contributed by atoms with Gasteiger partial charge in [0.15, 0.2) is 0 Å². The van der Waals surface area contributed by atoms with Gasteiger partial charge < -0.3 is 18.6 Å². The average molecular weight is 478 g/mol. The van der Waals surface area contributed by atoms with E-state index in [0.29, 0.717) is 5.92 Å². The molecule has 35 heavy (non-hydrogen) atoms. The van der Waals surface area contributed by atoms with Gasteiger partial charge in [-0.05, 0) is 55.1 Å². The fourth-order valence-corrected chi connectivity index (χ4v) is 8.02. The highest BCUT2D eigenvalue weighted by Crippen LogP contribution is 2.68. The molecule has 3 aliphatic rings. The number of ether oxygens (including phenoxy) is 2. The Kier molecular flexibility index (Phi) is 5.35. The van der Waals surface area contributed by atoms with E-state index < -0.39 is 0 Å². The number of para-hydroxylation sites is 1. The van der Waals surface area contributed by atoms with Gasteiger partial charge in [0.1, 0.15) is 5.75 Å². The Balaban J connectivity index is 1.56. The molecule has 0 N–H and O–H groups in total. The first-order chi connectivity index (χ1) is 16.8. The fraction of sp³-hybridized carbons (Fsp3) is 0.621. The molecule has 3 fully saturated rings. The van der Waals surface area contributed by atoms with Crippen molar-refractivity contribution < 1.29 is 9.47 Å². The summed E-state index contributed by atoms with van der Waals surface area (Å²) in [6.45, 7) is 14.6. The first kappa shape index (κ1) is 23.1. The molecule has 3 unspecified atom stereocenters. The Morgan fingerprint density at radius 1 is 1.14 bits per heavy atom. The number of morpholine rings is 1. The highest BCUT2D eigenvalue weighted by molar-refractivity contribution is 6.09. The lowest BCUT2D eigenvalue weighted by Gasteiger charge is -2.44. The topological polar surface area (TPSA) is 48.6 Å². The molecule has 2 bridgehead atoms. The molecular weight excluding hydrogens is 438 g/mol. The standard InChI is InChI=1S/C29H39N3O3/c1-19-17-22-24(26(33)32(19)27-28(2,3)20-9-10-29(27,4)18-20)21-7-6-8-23(34-5)25(21)31(22)12-11-30-13-15-35-16-14-30/h6-8,17,20,27H,9-16,18H2,1-5H3. The van der Waals surface area contributed by atoms with Crippen LogP contribution in [0.5, 0.6) is 5.75 Å². The Morgan fingerprint density at radius 2 is 1.91 bits per heavy atom. The minimum absolute atomic E-state index is 0.113. The molecule has 6 rings (SSSR count). The number of aromatic nitrogens is 2. The average Bonchev–Trinajstić information content (AvgIpc) is 3.44. The maximum atomic E-state index is 14.5. The molecule has 3 heterocycles. The molecule has 3 aromatic rings. The van der Waals surface area contributed by atoms with Gasteiger partial charge in [-0.3, -0.25) is 9.69 Å². The molecule has 1 aromatic carbocycles. The van der Waals surface area contributed by atoms with E-state index >= 15 is 0 Å². The number of nitrogens with zero attached hydrogens (tertiary/aromatic N) is 3. The van der Waals surface area contributed by atoms with Crippen LogP contribution in [0.2, 0.25) is 0 Å². The monoisotopic (exact) mass is 477 g/mol. The van der Waals surface area contributed by atoms with E-state index in [-0.39, 0.29) is 22.4 Å². The maximum absolute atomic E-state index is 14.5. The summed E-state index contributed by atoms with van der Waals surface area (Å²) in [5.41, 5.74) is 3.59. The van der Waals surface area contributed by atoms with Crippen molar-refractivity contribution in [1.82, 2.24) is 14.0 Å². The number of benzene rings is 1. The number of pyridine rings is 1. The van der Waals surface area contributed by atoms with E-state index in [2.05, 4.69) is 53.9 Å². The summed E-state index contributed by atoms with van der Waals surface area (Å²) in [5.74, 6) is 1.52. The van der Waals surface area contributed by atoms with Crippen molar-refractivity contribution in [2.75, 3.05) is 40.0 Å². The third-order valence-corrected chi connectivity index (χ3v) is 9.66. The fourth-order valence-electron chi connectivity index (χ4n) is 8.02. The summed E-state index contributed by atoms with van der Waals surface area (Å²) in [5, 5.41) is 1.85. The van der Waals surface area contributed by atoms with E-state index in [4.69, 9.17) is 9.47 Å². The van der Waals surface area contributed by atoms with Gasteiger partial charge >= 0.3 is 0 Å². The van der Waals surface area contributed by atoms with Crippen molar-refractivity contribution in [3.05, 3.63) is 40.3 Å². The minimum atomic E-state index is 0.113. The van der Waals surface area contributed by atoms with Crippen molar-refractivity contribution in [3.63, 3.8) is 0 Å². The van der Waals surface area contributed by atoms with E-state index in [9.17, 15) is 4.79 Å². The zero-order valence-corrected chi connectivity index (χ0v) is 21.9. The van der Waals surface area contributed by atoms with E-state index in [1.807, 2.05) is 12.1 Å². The van der Waals surface area contributed by atoms with Gasteiger partial charge in [-0.15, -0.1) is 0 Å². The quantitative estimate of drug-likeness (QED) is 0.519. The zero-order valence-electron chi connectivity index (χ0n) is 21.9. The smallest absolute Gasteiger partial charge is 0.261 e. The summed E-state index contributed by atoms with van der Waals surface area (Å²) < 4.78 is 15.9. The predicted octanol–water partition coefficient (Wildman–Crippen LogP) is 4.99. The summed E-state index contributed by atoms with van der Waals surface area (Å²) in [6.07, 6.45) is 3.72. The molecule has 3 atom stereocenters. The molecule has 1 saturated heterocycles. The lowest BCUT2D eigenvalue weighted by molar-refractivity contribution is 0.0366. The van der Waals surface area contributed by atoms with Crippen LogP contribution >= 0.6 is 0 Å². The molecule has 0 spiro atoms. The summed E-state index contributed by atoms with van der Waals surface area (Å²) in [6, 6.07) is 8.61. The molecule has 1 aliphatic heterocycles. The van der Waals surface area contributed by atoms with Crippen LogP contribution in [-0.2, 0) is 11.3 Å². The zero-order chi connectivity index (χ0) is 24.5. The van der Waals surface area contributed by atoms with Crippen LogP contribution in [-0.4, -0.2) is 54.0 Å². The van der Waals surface area contributed by atoms with Crippen LogP contribution in [0, 0.1) is 23.7 Å². The van der Waals surface area contributed by atoms with Gasteiger partial charge in [0.2, 0.25) is 0 Å². The van der Waals surface area contributed by atoms with Gasteiger partial charge in [0.25, 0.3) is 5.56 Å². The second-order valence-corrected chi connectivity index (χ2v) is 12.0. The molecule has 6 nitrogen and oxygen atoms in total. The lowest BCUT2D eigenvalue weighted by Crippen LogP contribution is -2.42. The van der Waals surface area contributed by atoms with Gasteiger partial charge in [-0.1, -0.05) is 32.9 Å². The second-order valence-electron chi connectivity index (χ2n) is 12.0. The Bertz CT molecular complexity index is 1340. The number of rotatable bonds is 5. The van der Waals surface area contributed by atoms with E-state index in [0.717, 1.165) is 72.6 Å². The molecule has 0 radical (unpaired) electrons. The van der Waals surface area contributed by atoms with Gasteiger partial charge in [0.05, 0.1) is 36.7 Å². The molecular formula is C29H39N3O3. The predicted molar refractivity (Wildman–Crippen MR) is 141 cm³/mol. The SMILES string of the molecule is COc1cccc2c3c(=O)n(C4C5(C)CCC(C5)C4(C)C)c(C)cc3n(CCN3CCOCC3)c12. The Morgan fingerprint density at radius 3 is 2.60 bits per heavy atom. The summed E-state index contributed by atoms with van der Waals surface area (Å²) in [7, 11) is 1.72. The van der Waals surface area contributed by atoms with Crippen LogP contribution < -0.4 is 10.3 Å². The van der Waals surface area contributed by atoms with Gasteiger partial charge in [-0.2, -0.15) is 0 Å². The van der Waals surface area contributed by atoms with Crippen LogP contribution in [0.3, 0.4) is 0 Å². The van der Waals surface area contributed by atoms with E-state index in [1.165, 1.54) is 19.3 Å². The second kappa shape index (κ2) is 8.10. The molecule has 2 aromatic heterocycles. The van der Waals surface area contributed by atoms with Crippen LogP contribution in [0.25, 0.3) is 21.8 Å². The summed E-state index contributed by atoms with van der Waals surface area (Å²) >= 11 is 0. The number of aryl methyl sites for hydroxylation is 1. The normalized spacial score (nSPS) is 28.4. The Hall–Kier alpha value is -2.31. The first-order valence-corrected chi connectivity index (χ1v) is 13.3. The van der Waals surface area contributed by atoms with E-state index in [1.54, 1.807) is 7.11 Å². The van der Waals surface area contributed by atoms with Crippen LogP contribution in [0.15, 0.2) is 29.1 Å². The van der Waals surface area contributed by atoms with Crippen molar-refractivity contribution in [2.24, 2.45) is 16.7 Å².